The number of amides is 1. The molecule has 0 bridgehead atoms. The molecule has 0 radical (unpaired) electrons. The van der Waals surface area contributed by atoms with Crippen LogP contribution in [-0.4, -0.2) is 36.9 Å². The third-order valence-electron chi connectivity index (χ3n) is 2.25. The molecule has 4 nitrogen and oxygen atoms in total. The van der Waals surface area contributed by atoms with Crippen LogP contribution in [0.25, 0.3) is 0 Å². The maximum atomic E-state index is 11.8. The zero-order valence-corrected chi connectivity index (χ0v) is 11.0. The van der Waals surface area contributed by atoms with Crippen LogP contribution in [0.4, 0.5) is 0 Å². The number of Topliss-reactive ketones (excluding diaryl/α,β-unsaturated/α-hetero) is 1. The van der Waals surface area contributed by atoms with Crippen LogP contribution >= 0.6 is 11.3 Å². The van der Waals surface area contributed by atoms with Gasteiger partial charge < -0.3 is 9.64 Å². The van der Waals surface area contributed by atoms with Gasteiger partial charge >= 0.3 is 0 Å². The third-order valence-corrected chi connectivity index (χ3v) is 3.11. The van der Waals surface area contributed by atoms with E-state index in [9.17, 15) is 9.59 Å². The number of carbonyl (C=O) groups excluding carboxylic acids is 2. The summed E-state index contributed by atoms with van der Waals surface area (Å²) in [6.45, 7) is 2.97. The number of rotatable bonds is 7. The van der Waals surface area contributed by atoms with Crippen LogP contribution in [0.15, 0.2) is 17.5 Å². The Morgan fingerprint density at radius 3 is 2.76 bits per heavy atom. The van der Waals surface area contributed by atoms with E-state index in [1.807, 2.05) is 17.5 Å². The molecule has 17 heavy (non-hydrogen) atoms. The molecule has 0 saturated heterocycles. The van der Waals surface area contributed by atoms with Crippen molar-refractivity contribution in [3.63, 3.8) is 0 Å². The van der Waals surface area contributed by atoms with Gasteiger partial charge in [0.05, 0.1) is 19.6 Å². The molecule has 0 aliphatic heterocycles. The lowest BCUT2D eigenvalue weighted by Crippen LogP contribution is -2.34. The Labute approximate surface area is 105 Å². The minimum atomic E-state index is -0.136. The molecule has 1 rings (SSSR count). The highest BCUT2D eigenvalue weighted by Crippen LogP contribution is 2.12. The highest BCUT2D eigenvalue weighted by atomic mass is 32.1. The van der Waals surface area contributed by atoms with E-state index in [1.54, 1.807) is 23.3 Å². The molecule has 1 heterocycles. The topological polar surface area (TPSA) is 46.6 Å². The lowest BCUT2D eigenvalue weighted by molar-refractivity contribution is -0.135. The molecule has 0 aromatic carbocycles. The van der Waals surface area contributed by atoms with E-state index in [1.165, 1.54) is 6.92 Å². The maximum absolute atomic E-state index is 11.8. The van der Waals surface area contributed by atoms with Crippen molar-refractivity contribution >= 4 is 23.0 Å². The van der Waals surface area contributed by atoms with Crippen molar-refractivity contribution in [1.82, 2.24) is 4.90 Å². The van der Waals surface area contributed by atoms with Gasteiger partial charge in [0, 0.05) is 18.5 Å². The zero-order valence-electron chi connectivity index (χ0n) is 10.1. The Morgan fingerprint density at radius 1 is 1.47 bits per heavy atom. The van der Waals surface area contributed by atoms with E-state index in [0.717, 1.165) is 4.88 Å². The molecular weight excluding hydrogens is 238 g/mol. The van der Waals surface area contributed by atoms with E-state index in [-0.39, 0.29) is 18.1 Å². The summed E-state index contributed by atoms with van der Waals surface area (Å²) in [6, 6.07) is 3.93. The van der Waals surface area contributed by atoms with Crippen LogP contribution in [0.1, 0.15) is 18.2 Å². The van der Waals surface area contributed by atoms with E-state index < -0.39 is 0 Å². The minimum absolute atomic E-state index is 0.0326. The van der Waals surface area contributed by atoms with Crippen LogP contribution in [0.2, 0.25) is 0 Å². The Hall–Kier alpha value is -1.20. The van der Waals surface area contributed by atoms with Crippen LogP contribution < -0.4 is 0 Å². The van der Waals surface area contributed by atoms with Gasteiger partial charge in [-0.3, -0.25) is 9.59 Å². The van der Waals surface area contributed by atoms with Crippen molar-refractivity contribution in [2.75, 3.05) is 20.3 Å². The summed E-state index contributed by atoms with van der Waals surface area (Å²) in [7, 11) is 1.60. The fourth-order valence-electron chi connectivity index (χ4n) is 1.41. The average molecular weight is 255 g/mol. The number of hydrogen-bond donors (Lipinski definition) is 0. The van der Waals surface area contributed by atoms with E-state index in [2.05, 4.69) is 0 Å². The van der Waals surface area contributed by atoms with Crippen molar-refractivity contribution in [3.05, 3.63) is 22.4 Å². The minimum Gasteiger partial charge on any atom is -0.383 e. The third kappa shape index (κ3) is 5.10. The lowest BCUT2D eigenvalue weighted by atomic mass is 10.2. The van der Waals surface area contributed by atoms with Gasteiger partial charge in [0.1, 0.15) is 5.78 Å². The molecule has 1 aromatic heterocycles. The molecule has 0 aliphatic rings. The highest BCUT2D eigenvalue weighted by molar-refractivity contribution is 7.09. The molecule has 0 saturated carbocycles. The number of carbonyl (C=O) groups is 2. The van der Waals surface area contributed by atoms with E-state index in [4.69, 9.17) is 4.74 Å². The number of ketones is 1. The standard InChI is InChI=1S/C12H17NO3S/c1-10(14)8-12(15)13(5-6-16-2)9-11-4-3-7-17-11/h3-4,7H,5-6,8-9H2,1-2H3. The largest absolute Gasteiger partial charge is 0.383 e. The summed E-state index contributed by atoms with van der Waals surface area (Å²) in [4.78, 5) is 25.6. The maximum Gasteiger partial charge on any atom is 0.230 e. The van der Waals surface area contributed by atoms with Crippen molar-refractivity contribution in [2.24, 2.45) is 0 Å². The molecule has 0 N–H and O–H groups in total. The smallest absolute Gasteiger partial charge is 0.230 e. The van der Waals surface area contributed by atoms with Crippen LogP contribution in [-0.2, 0) is 20.9 Å². The van der Waals surface area contributed by atoms with Crippen molar-refractivity contribution in [2.45, 2.75) is 19.9 Å². The highest BCUT2D eigenvalue weighted by Gasteiger charge is 2.15. The molecule has 0 fully saturated rings. The molecule has 0 spiro atoms. The molecule has 94 valence electrons. The fourth-order valence-corrected chi connectivity index (χ4v) is 2.13. The SMILES string of the molecule is COCCN(Cc1cccs1)C(=O)CC(C)=O. The van der Waals surface area contributed by atoms with Crippen LogP contribution in [0.5, 0.6) is 0 Å². The second kappa shape index (κ2) is 7.19. The second-order valence-corrected chi connectivity index (χ2v) is 4.80. The molecule has 5 heteroatoms. The monoisotopic (exact) mass is 255 g/mol. The van der Waals surface area contributed by atoms with Gasteiger partial charge in [-0.1, -0.05) is 6.07 Å². The van der Waals surface area contributed by atoms with Crippen molar-refractivity contribution in [3.8, 4) is 0 Å². The Kier molecular flexibility index (Phi) is 5.86. The molecule has 0 aliphatic carbocycles. The first-order valence-electron chi connectivity index (χ1n) is 5.42. The average Bonchev–Trinajstić information content (AvgIpc) is 2.75. The summed E-state index contributed by atoms with van der Waals surface area (Å²) >= 11 is 1.60. The van der Waals surface area contributed by atoms with E-state index >= 15 is 0 Å². The Morgan fingerprint density at radius 2 is 2.24 bits per heavy atom. The number of methoxy groups -OCH3 is 1. The summed E-state index contributed by atoms with van der Waals surface area (Å²) < 4.78 is 4.97. The van der Waals surface area contributed by atoms with Crippen molar-refractivity contribution < 1.29 is 14.3 Å². The van der Waals surface area contributed by atoms with Gasteiger partial charge in [-0.25, -0.2) is 0 Å². The predicted octanol–water partition coefficient (Wildman–Crippen LogP) is 1.70. The first-order valence-corrected chi connectivity index (χ1v) is 6.30. The fraction of sp³-hybridized carbons (Fsp3) is 0.500. The first kappa shape index (κ1) is 13.9. The number of nitrogens with zero attached hydrogens (tertiary/aromatic N) is 1. The quantitative estimate of drug-likeness (QED) is 0.697. The molecule has 1 amide bonds. The Balaban J connectivity index is 2.59. The van der Waals surface area contributed by atoms with Crippen LogP contribution in [0.3, 0.4) is 0 Å². The van der Waals surface area contributed by atoms with Crippen LogP contribution in [0, 0.1) is 0 Å². The number of thiophene rings is 1. The second-order valence-electron chi connectivity index (χ2n) is 3.77. The zero-order chi connectivity index (χ0) is 12.7. The Bertz CT molecular complexity index is 362. The van der Waals surface area contributed by atoms with Crippen molar-refractivity contribution in [1.29, 1.82) is 0 Å². The van der Waals surface area contributed by atoms with Gasteiger partial charge in [0.15, 0.2) is 0 Å². The van der Waals surface area contributed by atoms with Gasteiger partial charge in [-0.05, 0) is 18.4 Å². The van der Waals surface area contributed by atoms with Gasteiger partial charge in [0.25, 0.3) is 0 Å². The summed E-state index contributed by atoms with van der Waals surface area (Å²) in [5, 5.41) is 1.97. The number of hydrogen-bond acceptors (Lipinski definition) is 4. The lowest BCUT2D eigenvalue weighted by Gasteiger charge is -2.21. The van der Waals surface area contributed by atoms with Gasteiger partial charge in [0.2, 0.25) is 5.91 Å². The first-order chi connectivity index (χ1) is 8.13. The summed E-state index contributed by atoms with van der Waals surface area (Å²) in [5.41, 5.74) is 0. The number of ether oxygens (including phenoxy) is 1. The molecule has 1 aromatic rings. The normalized spacial score (nSPS) is 10.2. The summed E-state index contributed by atoms with van der Waals surface area (Å²) in [5.74, 6) is -0.244. The molecular formula is C12H17NO3S. The van der Waals surface area contributed by atoms with E-state index in [0.29, 0.717) is 19.7 Å². The predicted molar refractivity (Wildman–Crippen MR) is 66.9 cm³/mol. The summed E-state index contributed by atoms with van der Waals surface area (Å²) in [6.07, 6.45) is -0.0326. The molecule has 0 atom stereocenters. The van der Waals surface area contributed by atoms with Gasteiger partial charge in [-0.15, -0.1) is 11.3 Å². The molecule has 0 unspecified atom stereocenters. The van der Waals surface area contributed by atoms with Gasteiger partial charge in [-0.2, -0.15) is 0 Å².